The summed E-state index contributed by atoms with van der Waals surface area (Å²) in [5, 5.41) is 0. The smallest absolute Gasteiger partial charge is 0.306 e. The summed E-state index contributed by atoms with van der Waals surface area (Å²) in [6.07, 6.45) is 4.91. The molecular formula is C17H26N4O3S. The van der Waals surface area contributed by atoms with Crippen LogP contribution in [0, 0.1) is 0 Å². The lowest BCUT2D eigenvalue weighted by atomic mass is 10.2. The number of nitrogens with zero attached hydrogens (tertiary/aromatic N) is 2. The molecule has 0 saturated carbocycles. The Bertz CT molecular complexity index is 863. The first-order valence-corrected chi connectivity index (χ1v) is 10.4. The maximum Gasteiger partial charge on any atom is 0.323 e. The average molecular weight is 366 g/mol. The van der Waals surface area contributed by atoms with E-state index in [-0.39, 0.29) is 10.6 Å². The van der Waals surface area contributed by atoms with E-state index in [1.807, 2.05) is 0 Å². The highest BCUT2D eigenvalue weighted by atomic mass is 32.2. The zero-order valence-electron chi connectivity index (χ0n) is 14.6. The number of piperazine rings is 1. The number of sulfonamides is 1. The molecule has 1 aromatic carbocycles. The zero-order chi connectivity index (χ0) is 17.9. The minimum Gasteiger partial charge on any atom is -0.306 e. The number of unbranched alkanes of at least 4 members (excludes halogenated alkanes) is 3. The molecule has 1 aliphatic heterocycles. The normalized spacial score (nSPS) is 17.3. The standard InChI is InChI=1S/C17H26N4O3S/c1-2-3-4-5-8-20-9-11-21(12-10-20)25(23,24)14-6-7-15-16(13-14)19-17(22)18-15/h6-7,13H,2-5,8-12H2,1H3,(H2,18,19,22). The van der Waals surface area contributed by atoms with Crippen LogP contribution in [0.3, 0.4) is 0 Å². The van der Waals surface area contributed by atoms with Gasteiger partial charge in [0.25, 0.3) is 0 Å². The van der Waals surface area contributed by atoms with E-state index in [4.69, 9.17) is 0 Å². The summed E-state index contributed by atoms with van der Waals surface area (Å²) in [5.74, 6) is 0. The fourth-order valence-electron chi connectivity index (χ4n) is 3.28. The van der Waals surface area contributed by atoms with Gasteiger partial charge < -0.3 is 14.9 Å². The molecule has 8 heteroatoms. The first-order chi connectivity index (χ1) is 12.0. The molecule has 1 aliphatic rings. The van der Waals surface area contributed by atoms with Crippen molar-refractivity contribution in [2.24, 2.45) is 0 Å². The Morgan fingerprint density at radius 2 is 1.72 bits per heavy atom. The van der Waals surface area contributed by atoms with Crippen LogP contribution in [-0.4, -0.2) is 60.3 Å². The van der Waals surface area contributed by atoms with Gasteiger partial charge in [-0.25, -0.2) is 13.2 Å². The van der Waals surface area contributed by atoms with Gasteiger partial charge >= 0.3 is 5.69 Å². The predicted molar refractivity (Wildman–Crippen MR) is 98.3 cm³/mol. The molecule has 25 heavy (non-hydrogen) atoms. The number of aromatic amines is 2. The number of fused-ring (bicyclic) bond motifs is 1. The zero-order valence-corrected chi connectivity index (χ0v) is 15.4. The third kappa shape index (κ3) is 4.13. The highest BCUT2D eigenvalue weighted by Gasteiger charge is 2.28. The minimum atomic E-state index is -3.53. The quantitative estimate of drug-likeness (QED) is 0.731. The van der Waals surface area contributed by atoms with Gasteiger partial charge in [-0.1, -0.05) is 26.2 Å². The molecule has 0 amide bonds. The van der Waals surface area contributed by atoms with Gasteiger partial charge in [-0.2, -0.15) is 4.31 Å². The van der Waals surface area contributed by atoms with Crippen molar-refractivity contribution in [2.75, 3.05) is 32.7 Å². The highest BCUT2D eigenvalue weighted by molar-refractivity contribution is 7.89. The van der Waals surface area contributed by atoms with Gasteiger partial charge in [-0.05, 0) is 31.2 Å². The van der Waals surface area contributed by atoms with Gasteiger partial charge in [-0.15, -0.1) is 0 Å². The maximum absolute atomic E-state index is 12.8. The van der Waals surface area contributed by atoms with Crippen LogP contribution in [0.5, 0.6) is 0 Å². The van der Waals surface area contributed by atoms with Crippen LogP contribution in [0.2, 0.25) is 0 Å². The van der Waals surface area contributed by atoms with Crippen molar-refractivity contribution in [1.29, 1.82) is 0 Å². The average Bonchev–Trinajstić information content (AvgIpc) is 2.98. The fraction of sp³-hybridized carbons (Fsp3) is 0.588. The van der Waals surface area contributed by atoms with Gasteiger partial charge in [0.1, 0.15) is 0 Å². The summed E-state index contributed by atoms with van der Waals surface area (Å²) >= 11 is 0. The summed E-state index contributed by atoms with van der Waals surface area (Å²) in [7, 11) is -3.53. The summed E-state index contributed by atoms with van der Waals surface area (Å²) in [5.41, 5.74) is 0.794. The van der Waals surface area contributed by atoms with Crippen LogP contribution in [0.25, 0.3) is 11.0 Å². The molecule has 3 rings (SSSR count). The summed E-state index contributed by atoms with van der Waals surface area (Å²) in [6, 6.07) is 4.71. The predicted octanol–water partition coefficient (Wildman–Crippen LogP) is 1.74. The lowest BCUT2D eigenvalue weighted by Crippen LogP contribution is -2.48. The van der Waals surface area contributed by atoms with Gasteiger partial charge in [0.2, 0.25) is 10.0 Å². The molecule has 0 bridgehead atoms. The molecule has 2 N–H and O–H groups in total. The summed E-state index contributed by atoms with van der Waals surface area (Å²) < 4.78 is 27.2. The number of hydrogen-bond donors (Lipinski definition) is 2. The number of nitrogens with one attached hydrogen (secondary N) is 2. The number of aromatic nitrogens is 2. The van der Waals surface area contributed by atoms with Crippen LogP contribution in [-0.2, 0) is 10.0 Å². The van der Waals surface area contributed by atoms with Crippen molar-refractivity contribution < 1.29 is 8.42 Å². The topological polar surface area (TPSA) is 89.3 Å². The van der Waals surface area contributed by atoms with Gasteiger partial charge in [0.05, 0.1) is 15.9 Å². The van der Waals surface area contributed by atoms with Crippen molar-refractivity contribution >= 4 is 21.1 Å². The molecule has 138 valence electrons. The van der Waals surface area contributed by atoms with E-state index >= 15 is 0 Å². The second-order valence-electron chi connectivity index (χ2n) is 6.59. The third-order valence-electron chi connectivity index (χ3n) is 4.78. The molecule has 2 heterocycles. The number of H-pyrrole nitrogens is 2. The first kappa shape index (κ1) is 18.2. The number of benzene rings is 1. The molecule has 0 aliphatic carbocycles. The SMILES string of the molecule is CCCCCCN1CCN(S(=O)(=O)c2ccc3[nH]c(=O)[nH]c3c2)CC1. The highest BCUT2D eigenvalue weighted by Crippen LogP contribution is 2.20. The van der Waals surface area contributed by atoms with Crippen LogP contribution >= 0.6 is 0 Å². The monoisotopic (exact) mass is 366 g/mol. The van der Waals surface area contributed by atoms with E-state index in [0.29, 0.717) is 24.1 Å². The van der Waals surface area contributed by atoms with E-state index in [0.717, 1.165) is 19.6 Å². The molecule has 1 saturated heterocycles. The Morgan fingerprint density at radius 3 is 2.44 bits per heavy atom. The van der Waals surface area contributed by atoms with Gasteiger partial charge in [0, 0.05) is 26.2 Å². The Hall–Kier alpha value is -1.64. The van der Waals surface area contributed by atoms with E-state index in [2.05, 4.69) is 21.8 Å². The maximum atomic E-state index is 12.8. The van der Waals surface area contributed by atoms with Crippen LogP contribution < -0.4 is 5.69 Å². The van der Waals surface area contributed by atoms with Gasteiger partial charge in [0.15, 0.2) is 0 Å². The third-order valence-corrected chi connectivity index (χ3v) is 6.68. The molecule has 0 atom stereocenters. The van der Waals surface area contributed by atoms with Crippen molar-refractivity contribution in [3.63, 3.8) is 0 Å². The Morgan fingerprint density at radius 1 is 1.00 bits per heavy atom. The number of rotatable bonds is 7. The van der Waals surface area contributed by atoms with Gasteiger partial charge in [-0.3, -0.25) is 0 Å². The molecular weight excluding hydrogens is 340 g/mol. The summed E-state index contributed by atoms with van der Waals surface area (Å²) in [4.78, 5) is 19.1. The van der Waals surface area contributed by atoms with Crippen LogP contribution in [0.15, 0.2) is 27.9 Å². The minimum absolute atomic E-state index is 0.228. The van der Waals surface area contributed by atoms with E-state index in [1.54, 1.807) is 16.4 Å². The Labute approximate surface area is 148 Å². The summed E-state index contributed by atoms with van der Waals surface area (Å²) in [6.45, 7) is 5.81. The van der Waals surface area contributed by atoms with Crippen molar-refractivity contribution in [3.8, 4) is 0 Å². The van der Waals surface area contributed by atoms with Crippen LogP contribution in [0.4, 0.5) is 0 Å². The molecule has 1 fully saturated rings. The number of imidazole rings is 1. The number of hydrogen-bond acceptors (Lipinski definition) is 4. The van der Waals surface area contributed by atoms with Crippen LogP contribution in [0.1, 0.15) is 32.6 Å². The second kappa shape index (κ2) is 7.72. The van der Waals surface area contributed by atoms with Crippen molar-refractivity contribution in [3.05, 3.63) is 28.7 Å². The van der Waals surface area contributed by atoms with E-state index < -0.39 is 10.0 Å². The molecule has 0 radical (unpaired) electrons. The molecule has 7 nitrogen and oxygen atoms in total. The fourth-order valence-corrected chi connectivity index (χ4v) is 4.73. The second-order valence-corrected chi connectivity index (χ2v) is 8.53. The molecule has 0 spiro atoms. The molecule has 0 unspecified atom stereocenters. The van der Waals surface area contributed by atoms with E-state index in [1.165, 1.54) is 31.7 Å². The molecule has 2 aromatic rings. The first-order valence-electron chi connectivity index (χ1n) is 8.95. The van der Waals surface area contributed by atoms with Crippen molar-refractivity contribution in [1.82, 2.24) is 19.2 Å². The Kier molecular flexibility index (Phi) is 5.61. The Balaban J connectivity index is 1.63. The van der Waals surface area contributed by atoms with Crippen molar-refractivity contribution in [2.45, 2.75) is 37.5 Å². The largest absolute Gasteiger partial charge is 0.323 e. The lowest BCUT2D eigenvalue weighted by Gasteiger charge is -2.34. The van der Waals surface area contributed by atoms with E-state index in [9.17, 15) is 13.2 Å². The molecule has 1 aromatic heterocycles. The lowest BCUT2D eigenvalue weighted by molar-refractivity contribution is 0.185.